The molecule has 2 aromatic rings. The van der Waals surface area contributed by atoms with Gasteiger partial charge in [0.2, 0.25) is 0 Å². The van der Waals surface area contributed by atoms with Gasteiger partial charge >= 0.3 is 6.03 Å². The molecule has 4 rings (SSSR count). The van der Waals surface area contributed by atoms with E-state index in [4.69, 9.17) is 11.6 Å². The summed E-state index contributed by atoms with van der Waals surface area (Å²) < 4.78 is 0. The van der Waals surface area contributed by atoms with E-state index in [1.165, 1.54) is 5.56 Å². The lowest BCUT2D eigenvalue weighted by molar-refractivity contribution is 0.186. The lowest BCUT2D eigenvalue weighted by Gasteiger charge is -2.35. The van der Waals surface area contributed by atoms with E-state index in [9.17, 15) is 4.79 Å². The number of nitrogens with one attached hydrogen (secondary N) is 1. The first-order valence-corrected chi connectivity index (χ1v) is 9.43. The first-order chi connectivity index (χ1) is 12.7. The van der Waals surface area contributed by atoms with Gasteiger partial charge in [0.15, 0.2) is 5.82 Å². The Balaban J connectivity index is 1.32. The van der Waals surface area contributed by atoms with Crippen molar-refractivity contribution >= 4 is 23.4 Å². The van der Waals surface area contributed by atoms with Crippen molar-refractivity contribution in [1.29, 1.82) is 0 Å². The molecule has 26 heavy (non-hydrogen) atoms. The highest BCUT2D eigenvalue weighted by Gasteiger charge is 2.26. The molecule has 6 nitrogen and oxygen atoms in total. The van der Waals surface area contributed by atoms with E-state index in [0.717, 1.165) is 55.3 Å². The van der Waals surface area contributed by atoms with Crippen molar-refractivity contribution in [3.8, 4) is 0 Å². The minimum absolute atomic E-state index is 0.00789. The van der Waals surface area contributed by atoms with E-state index in [-0.39, 0.29) is 12.1 Å². The highest BCUT2D eigenvalue weighted by Crippen LogP contribution is 2.26. The molecule has 0 atom stereocenters. The molecule has 0 radical (unpaired) electrons. The van der Waals surface area contributed by atoms with Crippen LogP contribution >= 0.6 is 11.6 Å². The van der Waals surface area contributed by atoms with Crippen molar-refractivity contribution in [2.75, 3.05) is 24.5 Å². The number of benzene rings is 1. The Morgan fingerprint density at radius 3 is 2.77 bits per heavy atom. The average Bonchev–Trinajstić information content (AvgIpc) is 2.69. The number of hydrogen-bond donors (Lipinski definition) is 1. The van der Waals surface area contributed by atoms with E-state index in [1.54, 1.807) is 6.20 Å². The van der Waals surface area contributed by atoms with Crippen molar-refractivity contribution in [3.63, 3.8) is 0 Å². The van der Waals surface area contributed by atoms with E-state index >= 15 is 0 Å². The molecule has 0 saturated carbocycles. The number of carbonyl (C=O) groups excluding carboxylic acids is 1. The number of piperidine rings is 1. The summed E-state index contributed by atoms with van der Waals surface area (Å²) in [4.78, 5) is 16.8. The third-order valence-corrected chi connectivity index (χ3v) is 5.56. The second-order valence-corrected chi connectivity index (χ2v) is 7.25. The molecule has 2 aliphatic heterocycles. The zero-order chi connectivity index (χ0) is 17.9. The smallest absolute Gasteiger partial charge is 0.317 e. The first-order valence-electron chi connectivity index (χ1n) is 9.05. The van der Waals surface area contributed by atoms with Crippen LogP contribution in [0.1, 0.15) is 24.0 Å². The maximum atomic E-state index is 12.7. The summed E-state index contributed by atoms with van der Waals surface area (Å²) in [6, 6.07) is 10.0. The summed E-state index contributed by atoms with van der Waals surface area (Å²) in [5, 5.41) is 12.0. The Hall–Kier alpha value is -2.34. The summed E-state index contributed by atoms with van der Waals surface area (Å²) in [6.45, 7) is 3.06. The molecule has 3 heterocycles. The van der Waals surface area contributed by atoms with Crippen molar-refractivity contribution < 1.29 is 4.79 Å². The van der Waals surface area contributed by atoms with Crippen LogP contribution in [0.4, 0.5) is 10.6 Å². The van der Waals surface area contributed by atoms with Crippen LogP contribution in [-0.2, 0) is 13.0 Å². The molecule has 2 amide bonds. The molecule has 0 spiro atoms. The van der Waals surface area contributed by atoms with Gasteiger partial charge in [-0.25, -0.2) is 4.79 Å². The third-order valence-electron chi connectivity index (χ3n) is 5.21. The van der Waals surface area contributed by atoms with Crippen molar-refractivity contribution in [3.05, 3.63) is 52.7 Å². The van der Waals surface area contributed by atoms with Gasteiger partial charge in [-0.05, 0) is 48.6 Å². The number of carbonyl (C=O) groups is 1. The second-order valence-electron chi connectivity index (χ2n) is 6.84. The zero-order valence-corrected chi connectivity index (χ0v) is 15.3. The van der Waals surface area contributed by atoms with Crippen molar-refractivity contribution in [2.24, 2.45) is 0 Å². The van der Waals surface area contributed by atoms with Gasteiger partial charge < -0.3 is 15.1 Å². The number of anilines is 1. The summed E-state index contributed by atoms with van der Waals surface area (Å²) >= 11 is 6.30. The minimum atomic E-state index is 0.00789. The normalized spacial score (nSPS) is 17.7. The molecule has 2 aliphatic rings. The molecule has 1 aromatic heterocycles. The Labute approximate surface area is 158 Å². The molecule has 136 valence electrons. The van der Waals surface area contributed by atoms with Gasteiger partial charge in [0, 0.05) is 43.4 Å². The van der Waals surface area contributed by atoms with Gasteiger partial charge in [-0.15, -0.1) is 5.10 Å². The predicted molar refractivity (Wildman–Crippen MR) is 101 cm³/mol. The minimum Gasteiger partial charge on any atom is -0.355 e. The van der Waals surface area contributed by atoms with Crippen molar-refractivity contribution in [2.45, 2.75) is 31.8 Å². The average molecular weight is 372 g/mol. The van der Waals surface area contributed by atoms with Gasteiger partial charge in [-0.1, -0.05) is 23.7 Å². The van der Waals surface area contributed by atoms with Gasteiger partial charge in [-0.2, -0.15) is 5.10 Å². The van der Waals surface area contributed by atoms with Crippen LogP contribution < -0.4 is 10.2 Å². The highest BCUT2D eigenvalue weighted by atomic mass is 35.5. The van der Waals surface area contributed by atoms with Crippen LogP contribution in [0.15, 0.2) is 36.5 Å². The molecule has 1 aromatic carbocycles. The summed E-state index contributed by atoms with van der Waals surface area (Å²) in [7, 11) is 0. The van der Waals surface area contributed by atoms with Gasteiger partial charge in [-0.3, -0.25) is 0 Å². The molecule has 0 bridgehead atoms. The lowest BCUT2D eigenvalue weighted by Crippen LogP contribution is -2.50. The number of urea groups is 1. The highest BCUT2D eigenvalue weighted by molar-refractivity contribution is 6.31. The molecule has 1 saturated heterocycles. The van der Waals surface area contributed by atoms with E-state index in [2.05, 4.69) is 26.5 Å². The Bertz CT molecular complexity index is 777. The van der Waals surface area contributed by atoms with Crippen LogP contribution in [0.3, 0.4) is 0 Å². The van der Waals surface area contributed by atoms with E-state index in [1.807, 2.05) is 29.2 Å². The summed E-state index contributed by atoms with van der Waals surface area (Å²) in [6.07, 6.45) is 4.36. The Morgan fingerprint density at radius 2 is 2.00 bits per heavy atom. The van der Waals surface area contributed by atoms with Crippen LogP contribution in [-0.4, -0.2) is 46.8 Å². The number of halogens is 1. The number of hydrogen-bond acceptors (Lipinski definition) is 4. The Morgan fingerprint density at radius 1 is 1.15 bits per heavy atom. The maximum absolute atomic E-state index is 12.7. The molecule has 1 fully saturated rings. The molecule has 0 unspecified atom stereocenters. The standard InChI is InChI=1S/C19H22ClN5O/c20-17-4-1-3-14-6-10-25(13-16(14)17)19(26)22-15-7-11-24(12-8-15)18-5-2-9-21-23-18/h1-5,9,15H,6-8,10-13H2,(H,22,26). The molecule has 0 aliphatic carbocycles. The van der Waals surface area contributed by atoms with Crippen LogP contribution in [0.5, 0.6) is 0 Å². The fourth-order valence-electron chi connectivity index (χ4n) is 3.69. The van der Waals surface area contributed by atoms with Gasteiger partial charge in [0.1, 0.15) is 0 Å². The Kier molecular flexibility index (Phi) is 4.93. The zero-order valence-electron chi connectivity index (χ0n) is 14.6. The third kappa shape index (κ3) is 3.60. The largest absolute Gasteiger partial charge is 0.355 e. The topological polar surface area (TPSA) is 61.4 Å². The molecule has 1 N–H and O–H groups in total. The quantitative estimate of drug-likeness (QED) is 0.881. The SMILES string of the molecule is O=C(NC1CCN(c2cccnn2)CC1)N1CCc2cccc(Cl)c2C1. The van der Waals surface area contributed by atoms with Crippen LogP contribution in [0.2, 0.25) is 5.02 Å². The summed E-state index contributed by atoms with van der Waals surface area (Å²) in [5.41, 5.74) is 2.33. The maximum Gasteiger partial charge on any atom is 0.317 e. The van der Waals surface area contributed by atoms with Gasteiger partial charge in [0.05, 0.1) is 0 Å². The number of rotatable bonds is 2. The van der Waals surface area contributed by atoms with E-state index in [0.29, 0.717) is 6.54 Å². The monoisotopic (exact) mass is 371 g/mol. The van der Waals surface area contributed by atoms with E-state index < -0.39 is 0 Å². The molecular weight excluding hydrogens is 350 g/mol. The predicted octanol–water partition coefficient (Wildman–Crippen LogP) is 2.87. The van der Waals surface area contributed by atoms with Crippen LogP contribution in [0, 0.1) is 0 Å². The summed E-state index contributed by atoms with van der Waals surface area (Å²) in [5.74, 6) is 0.902. The number of amides is 2. The number of aromatic nitrogens is 2. The fourth-order valence-corrected chi connectivity index (χ4v) is 3.95. The molecular formula is C19H22ClN5O. The van der Waals surface area contributed by atoms with Crippen LogP contribution in [0.25, 0.3) is 0 Å². The number of nitrogens with zero attached hydrogens (tertiary/aromatic N) is 4. The lowest BCUT2D eigenvalue weighted by atomic mass is 10.00. The van der Waals surface area contributed by atoms with Crippen molar-refractivity contribution in [1.82, 2.24) is 20.4 Å². The second kappa shape index (κ2) is 7.50. The number of fused-ring (bicyclic) bond motifs is 1. The van der Waals surface area contributed by atoms with Gasteiger partial charge in [0.25, 0.3) is 0 Å². The molecule has 7 heteroatoms. The fraction of sp³-hybridized carbons (Fsp3) is 0.421. The first kappa shape index (κ1) is 17.1.